The topological polar surface area (TPSA) is 15.3 Å². The van der Waals surface area contributed by atoms with Gasteiger partial charge in [0.15, 0.2) is 0 Å². The van der Waals surface area contributed by atoms with Gasteiger partial charge in [0.2, 0.25) is 0 Å². The smallest absolute Gasteiger partial charge is 0.0233 e. The van der Waals surface area contributed by atoms with E-state index in [2.05, 4.69) is 28.4 Å². The zero-order chi connectivity index (χ0) is 12.2. The predicted octanol–water partition coefficient (Wildman–Crippen LogP) is 3.06. The molecule has 0 bridgehead atoms. The van der Waals surface area contributed by atoms with Gasteiger partial charge in [0.1, 0.15) is 0 Å². The first kappa shape index (κ1) is 12.2. The number of nitrogens with zero attached hydrogens (tertiary/aromatic N) is 1. The Morgan fingerprint density at radius 1 is 0.889 bits per heavy atom. The second-order valence-corrected chi connectivity index (χ2v) is 5.75. The van der Waals surface area contributed by atoms with Crippen LogP contribution in [0, 0.1) is 0 Å². The molecule has 0 spiro atoms. The zero-order valence-corrected chi connectivity index (χ0v) is 11.3. The molecule has 0 aromatic heterocycles. The van der Waals surface area contributed by atoms with Gasteiger partial charge in [-0.2, -0.15) is 0 Å². The van der Waals surface area contributed by atoms with E-state index in [1.807, 2.05) is 0 Å². The fourth-order valence-electron chi connectivity index (χ4n) is 3.18. The van der Waals surface area contributed by atoms with Crippen LogP contribution >= 0.6 is 0 Å². The highest BCUT2D eigenvalue weighted by molar-refractivity contribution is 5.34. The molecule has 18 heavy (non-hydrogen) atoms. The van der Waals surface area contributed by atoms with Crippen LogP contribution in [-0.4, -0.2) is 18.0 Å². The largest absolute Gasteiger partial charge is 0.309 e. The molecule has 2 heteroatoms. The minimum atomic E-state index is 1.05. The van der Waals surface area contributed by atoms with E-state index in [1.165, 1.54) is 61.9 Å². The molecule has 0 unspecified atom stereocenters. The van der Waals surface area contributed by atoms with E-state index in [0.29, 0.717) is 0 Å². The summed E-state index contributed by atoms with van der Waals surface area (Å²) in [5.74, 6) is 0. The van der Waals surface area contributed by atoms with Crippen LogP contribution in [0.15, 0.2) is 18.2 Å². The second kappa shape index (κ2) is 5.85. The van der Waals surface area contributed by atoms with Gasteiger partial charge in [-0.3, -0.25) is 4.90 Å². The first-order valence-corrected chi connectivity index (χ1v) is 7.45. The van der Waals surface area contributed by atoms with Crippen molar-refractivity contribution in [1.82, 2.24) is 10.2 Å². The lowest BCUT2D eigenvalue weighted by Gasteiger charge is -2.24. The number of fused-ring (bicyclic) bond motifs is 1. The van der Waals surface area contributed by atoms with Gasteiger partial charge >= 0.3 is 0 Å². The van der Waals surface area contributed by atoms with Crippen molar-refractivity contribution in [2.75, 3.05) is 13.1 Å². The van der Waals surface area contributed by atoms with E-state index in [4.69, 9.17) is 0 Å². The highest BCUT2D eigenvalue weighted by Crippen LogP contribution is 2.19. The molecular formula is C16H24N2. The van der Waals surface area contributed by atoms with Crippen molar-refractivity contribution in [3.63, 3.8) is 0 Å². The maximum Gasteiger partial charge on any atom is 0.0233 e. The van der Waals surface area contributed by atoms with Gasteiger partial charge in [0, 0.05) is 19.6 Å². The third kappa shape index (κ3) is 2.93. The van der Waals surface area contributed by atoms with Crippen molar-refractivity contribution in [3.8, 4) is 0 Å². The van der Waals surface area contributed by atoms with Gasteiger partial charge in [0.25, 0.3) is 0 Å². The van der Waals surface area contributed by atoms with Gasteiger partial charge in [-0.25, -0.2) is 0 Å². The lowest BCUT2D eigenvalue weighted by Crippen LogP contribution is -2.26. The standard InChI is InChI=1S/C16H24N2/c1-2-4-8-18(9-5-3-1)13-14-6-7-15-11-17-12-16(15)10-14/h6-7,10,17H,1-5,8-9,11-13H2. The Hall–Kier alpha value is -0.860. The number of hydrogen-bond donors (Lipinski definition) is 1. The number of nitrogens with one attached hydrogen (secondary N) is 1. The zero-order valence-electron chi connectivity index (χ0n) is 11.3. The summed E-state index contributed by atoms with van der Waals surface area (Å²) in [6.07, 6.45) is 7.05. The molecule has 1 N–H and O–H groups in total. The average Bonchev–Trinajstić information content (AvgIpc) is 2.79. The van der Waals surface area contributed by atoms with Crippen molar-refractivity contribution in [1.29, 1.82) is 0 Å². The normalized spacial score (nSPS) is 21.3. The molecule has 1 aromatic rings. The van der Waals surface area contributed by atoms with Crippen LogP contribution in [-0.2, 0) is 19.6 Å². The Morgan fingerprint density at radius 2 is 1.61 bits per heavy atom. The number of likely N-dealkylation sites (tertiary alicyclic amines) is 1. The molecule has 2 aliphatic heterocycles. The Kier molecular flexibility index (Phi) is 3.96. The highest BCUT2D eigenvalue weighted by Gasteiger charge is 2.12. The number of rotatable bonds is 2. The lowest BCUT2D eigenvalue weighted by molar-refractivity contribution is 0.240. The minimum absolute atomic E-state index is 1.05. The van der Waals surface area contributed by atoms with Gasteiger partial charge in [-0.05, 0) is 42.6 Å². The van der Waals surface area contributed by atoms with E-state index < -0.39 is 0 Å². The van der Waals surface area contributed by atoms with E-state index in [0.717, 1.165) is 19.6 Å². The third-order valence-electron chi connectivity index (χ3n) is 4.26. The van der Waals surface area contributed by atoms with Gasteiger partial charge in [-0.15, -0.1) is 0 Å². The summed E-state index contributed by atoms with van der Waals surface area (Å²) in [6, 6.07) is 7.05. The van der Waals surface area contributed by atoms with Crippen molar-refractivity contribution in [2.45, 2.75) is 51.7 Å². The first-order valence-electron chi connectivity index (χ1n) is 7.45. The Bertz CT molecular complexity index is 392. The predicted molar refractivity (Wildman–Crippen MR) is 75.3 cm³/mol. The molecule has 1 aromatic carbocycles. The SMILES string of the molecule is c1cc2c(cc1CN1CCCCCCC1)CNC2. The van der Waals surface area contributed by atoms with Crippen LogP contribution in [0.1, 0.15) is 48.8 Å². The first-order chi connectivity index (χ1) is 8.92. The summed E-state index contributed by atoms with van der Waals surface area (Å²) in [4.78, 5) is 2.64. The molecular weight excluding hydrogens is 220 g/mol. The molecule has 0 saturated carbocycles. The summed E-state index contributed by atoms with van der Waals surface area (Å²) in [5.41, 5.74) is 4.50. The van der Waals surface area contributed by atoms with Gasteiger partial charge in [-0.1, -0.05) is 37.5 Å². The maximum atomic E-state index is 3.42. The van der Waals surface area contributed by atoms with Crippen molar-refractivity contribution >= 4 is 0 Å². The Morgan fingerprint density at radius 3 is 2.44 bits per heavy atom. The molecule has 0 radical (unpaired) electrons. The summed E-state index contributed by atoms with van der Waals surface area (Å²) in [7, 11) is 0. The fraction of sp³-hybridized carbons (Fsp3) is 0.625. The summed E-state index contributed by atoms with van der Waals surface area (Å²) >= 11 is 0. The highest BCUT2D eigenvalue weighted by atomic mass is 15.1. The molecule has 0 aliphatic carbocycles. The molecule has 98 valence electrons. The number of benzene rings is 1. The molecule has 1 saturated heterocycles. The van der Waals surface area contributed by atoms with E-state index in [1.54, 1.807) is 0 Å². The van der Waals surface area contributed by atoms with E-state index >= 15 is 0 Å². The monoisotopic (exact) mass is 244 g/mol. The van der Waals surface area contributed by atoms with Crippen LogP contribution in [0.25, 0.3) is 0 Å². The van der Waals surface area contributed by atoms with Crippen LogP contribution in [0.3, 0.4) is 0 Å². The van der Waals surface area contributed by atoms with Crippen molar-refractivity contribution < 1.29 is 0 Å². The Balaban J connectivity index is 1.64. The number of hydrogen-bond acceptors (Lipinski definition) is 2. The van der Waals surface area contributed by atoms with Crippen molar-refractivity contribution in [2.24, 2.45) is 0 Å². The fourth-order valence-corrected chi connectivity index (χ4v) is 3.18. The molecule has 0 amide bonds. The molecule has 1 fully saturated rings. The lowest BCUT2D eigenvalue weighted by atomic mass is 10.0. The molecule has 2 heterocycles. The molecule has 2 aliphatic rings. The van der Waals surface area contributed by atoms with E-state index in [9.17, 15) is 0 Å². The van der Waals surface area contributed by atoms with Gasteiger partial charge < -0.3 is 5.32 Å². The summed E-state index contributed by atoms with van der Waals surface area (Å²) < 4.78 is 0. The average molecular weight is 244 g/mol. The minimum Gasteiger partial charge on any atom is -0.309 e. The van der Waals surface area contributed by atoms with E-state index in [-0.39, 0.29) is 0 Å². The third-order valence-corrected chi connectivity index (χ3v) is 4.26. The molecule has 0 atom stereocenters. The molecule has 2 nitrogen and oxygen atoms in total. The molecule has 3 rings (SSSR count). The van der Waals surface area contributed by atoms with Crippen LogP contribution in [0.4, 0.5) is 0 Å². The quantitative estimate of drug-likeness (QED) is 0.860. The van der Waals surface area contributed by atoms with Crippen LogP contribution in [0.5, 0.6) is 0 Å². The van der Waals surface area contributed by atoms with Gasteiger partial charge in [0.05, 0.1) is 0 Å². The maximum absolute atomic E-state index is 3.42. The van der Waals surface area contributed by atoms with Crippen LogP contribution < -0.4 is 5.32 Å². The summed E-state index contributed by atoms with van der Waals surface area (Å²) in [5, 5.41) is 3.42. The van der Waals surface area contributed by atoms with Crippen LogP contribution in [0.2, 0.25) is 0 Å². The van der Waals surface area contributed by atoms with Crippen molar-refractivity contribution in [3.05, 3.63) is 34.9 Å². The second-order valence-electron chi connectivity index (χ2n) is 5.75. The Labute approximate surface area is 110 Å². The summed E-state index contributed by atoms with van der Waals surface area (Å²) in [6.45, 7) is 5.83.